The highest BCUT2D eigenvalue weighted by Gasteiger charge is 2.14. The van der Waals surface area contributed by atoms with Gasteiger partial charge in [-0.15, -0.1) is 0 Å². The van der Waals surface area contributed by atoms with Crippen molar-refractivity contribution in [3.8, 4) is 0 Å². The minimum absolute atomic E-state index is 0.576. The Bertz CT molecular complexity index is 583. The van der Waals surface area contributed by atoms with E-state index < -0.39 is 0 Å². The van der Waals surface area contributed by atoms with Crippen molar-refractivity contribution in [2.24, 2.45) is 5.92 Å². The molecule has 0 spiro atoms. The summed E-state index contributed by atoms with van der Waals surface area (Å²) in [4.78, 5) is 4.63. The van der Waals surface area contributed by atoms with E-state index in [-0.39, 0.29) is 0 Å². The zero-order valence-electron chi connectivity index (χ0n) is 12.5. The van der Waals surface area contributed by atoms with Crippen molar-refractivity contribution in [3.63, 3.8) is 0 Å². The molecule has 1 N–H and O–H groups in total. The number of piperidine rings is 1. The number of hydrogen-bond donors (Lipinski definition) is 1. The number of aromatic nitrogens is 1. The summed E-state index contributed by atoms with van der Waals surface area (Å²) in [6.45, 7) is 6.83. The van der Waals surface area contributed by atoms with Crippen LogP contribution in [0.4, 0.5) is 0 Å². The molecule has 1 aliphatic rings. The van der Waals surface area contributed by atoms with Crippen LogP contribution in [-0.2, 0) is 6.42 Å². The van der Waals surface area contributed by atoms with Crippen LogP contribution in [0.25, 0.3) is 10.9 Å². The molecule has 1 aromatic carbocycles. The van der Waals surface area contributed by atoms with Gasteiger partial charge in [0.05, 0.1) is 5.52 Å². The predicted molar refractivity (Wildman–Crippen MR) is 85.1 cm³/mol. The average molecular weight is 268 g/mol. The molecule has 2 nitrogen and oxygen atoms in total. The molecule has 0 radical (unpaired) electrons. The molecule has 0 unspecified atom stereocenters. The highest BCUT2D eigenvalue weighted by Crippen LogP contribution is 2.23. The third-order valence-electron chi connectivity index (χ3n) is 4.41. The Labute approximate surface area is 121 Å². The predicted octanol–water partition coefficient (Wildman–Crippen LogP) is 3.90. The van der Waals surface area contributed by atoms with Crippen LogP contribution in [0, 0.1) is 5.92 Å². The molecule has 3 rings (SSSR count). The van der Waals surface area contributed by atoms with Gasteiger partial charge in [0.25, 0.3) is 0 Å². The molecule has 1 fully saturated rings. The van der Waals surface area contributed by atoms with Gasteiger partial charge in [-0.2, -0.15) is 0 Å². The van der Waals surface area contributed by atoms with Crippen LogP contribution in [0.1, 0.15) is 43.7 Å². The lowest BCUT2D eigenvalue weighted by Gasteiger charge is -2.22. The maximum atomic E-state index is 4.63. The van der Waals surface area contributed by atoms with Crippen LogP contribution < -0.4 is 5.32 Å². The third kappa shape index (κ3) is 3.01. The lowest BCUT2D eigenvalue weighted by atomic mass is 9.91. The van der Waals surface area contributed by atoms with Gasteiger partial charge in [-0.1, -0.05) is 19.9 Å². The van der Waals surface area contributed by atoms with E-state index in [9.17, 15) is 0 Å². The molecule has 2 heterocycles. The summed E-state index contributed by atoms with van der Waals surface area (Å²) < 4.78 is 0. The fourth-order valence-electron chi connectivity index (χ4n) is 3.09. The fourth-order valence-corrected chi connectivity index (χ4v) is 3.09. The molecule has 1 aromatic heterocycles. The minimum Gasteiger partial charge on any atom is -0.317 e. The Balaban J connectivity index is 1.84. The van der Waals surface area contributed by atoms with Gasteiger partial charge in [0, 0.05) is 11.6 Å². The van der Waals surface area contributed by atoms with E-state index >= 15 is 0 Å². The first-order valence-corrected chi connectivity index (χ1v) is 7.81. The van der Waals surface area contributed by atoms with Gasteiger partial charge in [0.15, 0.2) is 0 Å². The molecular weight excluding hydrogens is 244 g/mol. The normalized spacial score (nSPS) is 16.9. The summed E-state index contributed by atoms with van der Waals surface area (Å²) in [6.07, 6.45) is 5.84. The Hall–Kier alpha value is -1.41. The van der Waals surface area contributed by atoms with E-state index in [2.05, 4.69) is 54.6 Å². The van der Waals surface area contributed by atoms with E-state index in [1.165, 1.54) is 48.9 Å². The number of benzene rings is 1. The second-order valence-electron chi connectivity index (χ2n) is 6.35. The van der Waals surface area contributed by atoms with Gasteiger partial charge in [-0.3, -0.25) is 4.98 Å². The molecule has 106 valence electrons. The van der Waals surface area contributed by atoms with Crippen LogP contribution >= 0.6 is 0 Å². The van der Waals surface area contributed by atoms with E-state index in [4.69, 9.17) is 0 Å². The van der Waals surface area contributed by atoms with Crippen molar-refractivity contribution in [3.05, 3.63) is 41.6 Å². The summed E-state index contributed by atoms with van der Waals surface area (Å²) in [5, 5.41) is 4.73. The van der Waals surface area contributed by atoms with E-state index in [0.717, 1.165) is 11.4 Å². The molecule has 2 heteroatoms. The van der Waals surface area contributed by atoms with Gasteiger partial charge in [-0.25, -0.2) is 0 Å². The lowest BCUT2D eigenvalue weighted by Crippen LogP contribution is -2.28. The van der Waals surface area contributed by atoms with Crippen molar-refractivity contribution in [1.82, 2.24) is 10.3 Å². The number of pyridine rings is 1. The summed E-state index contributed by atoms with van der Waals surface area (Å²) >= 11 is 0. The number of fused-ring (bicyclic) bond motifs is 1. The van der Waals surface area contributed by atoms with Crippen molar-refractivity contribution in [2.75, 3.05) is 13.1 Å². The molecule has 1 saturated heterocycles. The molecule has 20 heavy (non-hydrogen) atoms. The molecule has 0 atom stereocenters. The Morgan fingerprint density at radius 2 is 2.00 bits per heavy atom. The first-order valence-electron chi connectivity index (χ1n) is 7.81. The Kier molecular flexibility index (Phi) is 4.02. The van der Waals surface area contributed by atoms with Crippen molar-refractivity contribution >= 4 is 10.9 Å². The van der Waals surface area contributed by atoms with E-state index in [1.807, 2.05) is 0 Å². The third-order valence-corrected chi connectivity index (χ3v) is 4.41. The molecule has 1 aliphatic heterocycles. The molecule has 0 bridgehead atoms. The molecule has 0 saturated carbocycles. The van der Waals surface area contributed by atoms with Crippen LogP contribution in [0.2, 0.25) is 0 Å². The number of hydrogen-bond acceptors (Lipinski definition) is 2. The van der Waals surface area contributed by atoms with E-state index in [0.29, 0.717) is 5.92 Å². The van der Waals surface area contributed by atoms with Crippen molar-refractivity contribution < 1.29 is 0 Å². The fraction of sp³-hybridized carbons (Fsp3) is 0.500. The molecule has 0 aliphatic carbocycles. The number of nitrogens with zero attached hydrogens (tertiary/aromatic N) is 1. The van der Waals surface area contributed by atoms with Gasteiger partial charge in [0.1, 0.15) is 0 Å². The number of nitrogens with one attached hydrogen (secondary N) is 1. The second kappa shape index (κ2) is 5.92. The maximum absolute atomic E-state index is 4.63. The molecule has 2 aromatic rings. The molecule has 0 amide bonds. The largest absolute Gasteiger partial charge is 0.317 e. The van der Waals surface area contributed by atoms with Gasteiger partial charge >= 0.3 is 0 Å². The minimum atomic E-state index is 0.576. The van der Waals surface area contributed by atoms with Crippen LogP contribution in [0.15, 0.2) is 30.5 Å². The second-order valence-corrected chi connectivity index (χ2v) is 6.35. The standard InChI is InChI=1S/C18H24N2/c1-13(2)16-3-4-18-17(11-16)10-15(12-20-18)9-14-5-7-19-8-6-14/h3-4,10-14,19H,5-9H2,1-2H3. The summed E-state index contributed by atoms with van der Waals surface area (Å²) in [5.74, 6) is 1.40. The maximum Gasteiger partial charge on any atom is 0.0702 e. The highest BCUT2D eigenvalue weighted by molar-refractivity contribution is 5.79. The summed E-state index contributed by atoms with van der Waals surface area (Å²) in [7, 11) is 0. The average Bonchev–Trinajstić information content (AvgIpc) is 2.47. The Morgan fingerprint density at radius 1 is 1.20 bits per heavy atom. The van der Waals surface area contributed by atoms with Gasteiger partial charge < -0.3 is 5.32 Å². The monoisotopic (exact) mass is 268 g/mol. The van der Waals surface area contributed by atoms with Crippen molar-refractivity contribution in [2.45, 2.75) is 39.0 Å². The smallest absolute Gasteiger partial charge is 0.0702 e. The van der Waals surface area contributed by atoms with Gasteiger partial charge in [0.2, 0.25) is 0 Å². The summed E-state index contributed by atoms with van der Waals surface area (Å²) in [5.41, 5.74) is 3.91. The number of rotatable bonds is 3. The zero-order valence-corrected chi connectivity index (χ0v) is 12.5. The first kappa shape index (κ1) is 13.6. The van der Waals surface area contributed by atoms with Crippen molar-refractivity contribution in [1.29, 1.82) is 0 Å². The van der Waals surface area contributed by atoms with Crippen LogP contribution in [0.5, 0.6) is 0 Å². The molecular formula is C18H24N2. The van der Waals surface area contributed by atoms with E-state index in [1.54, 1.807) is 0 Å². The highest BCUT2D eigenvalue weighted by atomic mass is 14.9. The topological polar surface area (TPSA) is 24.9 Å². The zero-order chi connectivity index (χ0) is 13.9. The van der Waals surface area contributed by atoms with Crippen LogP contribution in [0.3, 0.4) is 0 Å². The summed E-state index contributed by atoms with van der Waals surface area (Å²) in [6, 6.07) is 9.00. The SMILES string of the molecule is CC(C)c1ccc2ncc(CC3CCNCC3)cc2c1. The Morgan fingerprint density at radius 3 is 2.75 bits per heavy atom. The van der Waals surface area contributed by atoms with Gasteiger partial charge in [-0.05, 0) is 73.5 Å². The first-order chi connectivity index (χ1) is 9.72. The lowest BCUT2D eigenvalue weighted by molar-refractivity contribution is 0.372. The van der Waals surface area contributed by atoms with Crippen LogP contribution in [-0.4, -0.2) is 18.1 Å². The quantitative estimate of drug-likeness (QED) is 0.913.